The first-order valence-corrected chi connectivity index (χ1v) is 6.10. The van der Waals surface area contributed by atoms with Gasteiger partial charge in [0.25, 0.3) is 0 Å². The third-order valence-corrected chi connectivity index (χ3v) is 3.44. The Balaban J connectivity index is 1.98. The minimum Gasteiger partial charge on any atom is -0.484 e. The molecule has 16 heavy (non-hydrogen) atoms. The highest BCUT2D eigenvalue weighted by molar-refractivity contribution is 7.07. The first-order valence-electron chi connectivity index (χ1n) is 5.15. The van der Waals surface area contributed by atoms with E-state index in [-0.39, 0.29) is 11.9 Å². The Morgan fingerprint density at radius 2 is 2.12 bits per heavy atom. The quantitative estimate of drug-likeness (QED) is 0.750. The van der Waals surface area contributed by atoms with E-state index < -0.39 is 0 Å². The van der Waals surface area contributed by atoms with Crippen molar-refractivity contribution in [2.24, 2.45) is 0 Å². The van der Waals surface area contributed by atoms with Crippen molar-refractivity contribution in [1.82, 2.24) is 0 Å². The molecule has 1 unspecified atom stereocenters. The Bertz CT molecular complexity index is 516. The van der Waals surface area contributed by atoms with Crippen molar-refractivity contribution in [3.05, 3.63) is 52.2 Å². The number of ketones is 1. The molecule has 0 spiro atoms. The van der Waals surface area contributed by atoms with E-state index in [9.17, 15) is 4.79 Å². The number of Topliss-reactive ketones (excluding diaryl/α,β-unsaturated/α-hetero) is 1. The smallest absolute Gasteiger partial charge is 0.170 e. The molecule has 2 aromatic rings. The summed E-state index contributed by atoms with van der Waals surface area (Å²) in [6.07, 6.45) is 0.321. The topological polar surface area (TPSA) is 26.3 Å². The fourth-order valence-electron chi connectivity index (χ4n) is 1.92. The summed E-state index contributed by atoms with van der Waals surface area (Å²) in [7, 11) is 0. The summed E-state index contributed by atoms with van der Waals surface area (Å²) in [4.78, 5) is 11.9. The molecule has 0 saturated heterocycles. The monoisotopic (exact) mass is 230 g/mol. The van der Waals surface area contributed by atoms with Gasteiger partial charge in [0.2, 0.25) is 0 Å². The fourth-order valence-corrected chi connectivity index (χ4v) is 2.62. The summed E-state index contributed by atoms with van der Waals surface area (Å²) in [5, 5.41) is 4.04. The number of hydrogen-bond donors (Lipinski definition) is 0. The largest absolute Gasteiger partial charge is 0.484 e. The van der Waals surface area contributed by atoms with Gasteiger partial charge in [-0.3, -0.25) is 4.79 Å². The number of hydrogen-bond acceptors (Lipinski definition) is 3. The van der Waals surface area contributed by atoms with Crippen molar-refractivity contribution in [2.75, 3.05) is 0 Å². The van der Waals surface area contributed by atoms with Crippen LogP contribution in [0.4, 0.5) is 0 Å². The molecule has 80 valence electrons. The molecule has 0 N–H and O–H groups in total. The third-order valence-electron chi connectivity index (χ3n) is 2.74. The lowest BCUT2D eigenvalue weighted by Crippen LogP contribution is -2.19. The van der Waals surface area contributed by atoms with Crippen LogP contribution in [0.15, 0.2) is 41.1 Å². The number of carbonyl (C=O) groups is 1. The van der Waals surface area contributed by atoms with Crippen LogP contribution in [0.25, 0.3) is 0 Å². The molecule has 3 heteroatoms. The molecule has 0 amide bonds. The van der Waals surface area contributed by atoms with Gasteiger partial charge in [0.1, 0.15) is 11.9 Å². The highest BCUT2D eigenvalue weighted by Gasteiger charge is 2.27. The standard InChI is InChI=1S/C13H10O2S/c14-11-7-13(9-5-6-16-8-9)15-12-4-2-1-3-10(11)12/h1-6,8,13H,7H2. The number of para-hydroxylation sites is 1. The van der Waals surface area contributed by atoms with Gasteiger partial charge in [0.15, 0.2) is 5.78 Å². The zero-order valence-electron chi connectivity index (χ0n) is 8.55. The predicted octanol–water partition coefficient (Wildman–Crippen LogP) is 3.45. The zero-order valence-corrected chi connectivity index (χ0v) is 9.37. The molecule has 0 fully saturated rings. The Morgan fingerprint density at radius 3 is 2.94 bits per heavy atom. The van der Waals surface area contributed by atoms with Gasteiger partial charge in [-0.25, -0.2) is 0 Å². The van der Waals surface area contributed by atoms with Crippen LogP contribution in [0.3, 0.4) is 0 Å². The zero-order chi connectivity index (χ0) is 11.0. The van der Waals surface area contributed by atoms with Gasteiger partial charge >= 0.3 is 0 Å². The molecule has 1 aliphatic rings. The summed E-state index contributed by atoms with van der Waals surface area (Å²) in [6.45, 7) is 0. The van der Waals surface area contributed by atoms with E-state index in [0.29, 0.717) is 17.7 Å². The second-order valence-corrected chi connectivity index (χ2v) is 4.57. The first kappa shape index (κ1) is 9.60. The molecule has 3 rings (SSSR count). The van der Waals surface area contributed by atoms with Crippen molar-refractivity contribution in [3.8, 4) is 5.75 Å². The maximum atomic E-state index is 11.9. The molecule has 1 aromatic carbocycles. The van der Waals surface area contributed by atoms with Crippen LogP contribution >= 0.6 is 11.3 Å². The fraction of sp³-hybridized carbons (Fsp3) is 0.154. The molecule has 0 saturated carbocycles. The second kappa shape index (κ2) is 3.76. The number of thiophene rings is 1. The average Bonchev–Trinajstić information content (AvgIpc) is 2.82. The highest BCUT2D eigenvalue weighted by Crippen LogP contribution is 2.35. The summed E-state index contributed by atoms with van der Waals surface area (Å²) in [5.41, 5.74) is 1.79. The number of rotatable bonds is 1. The number of ether oxygens (including phenoxy) is 1. The molecule has 0 radical (unpaired) electrons. The van der Waals surface area contributed by atoms with Gasteiger partial charge in [-0.1, -0.05) is 12.1 Å². The van der Waals surface area contributed by atoms with E-state index in [1.165, 1.54) is 0 Å². The van der Waals surface area contributed by atoms with Gasteiger partial charge in [-0.2, -0.15) is 11.3 Å². The van der Waals surface area contributed by atoms with Gasteiger partial charge in [-0.05, 0) is 29.0 Å². The lowest BCUT2D eigenvalue weighted by molar-refractivity contribution is 0.0850. The third kappa shape index (κ3) is 1.53. The van der Waals surface area contributed by atoms with Crippen molar-refractivity contribution in [3.63, 3.8) is 0 Å². The normalized spacial score (nSPS) is 19.0. The number of carbonyl (C=O) groups excluding carboxylic acids is 1. The minimum absolute atomic E-state index is 0.117. The van der Waals surface area contributed by atoms with Crippen LogP contribution in [0, 0.1) is 0 Å². The van der Waals surface area contributed by atoms with Crippen LogP contribution in [-0.2, 0) is 0 Å². The Kier molecular flexibility index (Phi) is 2.26. The molecule has 0 bridgehead atoms. The SMILES string of the molecule is O=C1CC(c2ccsc2)Oc2ccccc21. The van der Waals surface area contributed by atoms with E-state index >= 15 is 0 Å². The van der Waals surface area contributed by atoms with E-state index in [4.69, 9.17) is 4.74 Å². The van der Waals surface area contributed by atoms with Crippen molar-refractivity contribution in [2.45, 2.75) is 12.5 Å². The lowest BCUT2D eigenvalue weighted by Gasteiger charge is -2.24. The van der Waals surface area contributed by atoms with Gasteiger partial charge in [0, 0.05) is 5.56 Å². The summed E-state index contributed by atoms with van der Waals surface area (Å²) >= 11 is 1.62. The average molecular weight is 230 g/mol. The molecule has 2 heterocycles. The molecular formula is C13H10O2S. The molecule has 2 nitrogen and oxygen atoms in total. The Hall–Kier alpha value is -1.61. The highest BCUT2D eigenvalue weighted by atomic mass is 32.1. The van der Waals surface area contributed by atoms with Crippen LogP contribution in [0.5, 0.6) is 5.75 Å². The summed E-state index contributed by atoms with van der Waals surface area (Å²) in [6, 6.07) is 9.44. The predicted molar refractivity (Wildman–Crippen MR) is 63.1 cm³/mol. The first-order chi connectivity index (χ1) is 7.84. The van der Waals surface area contributed by atoms with Crippen molar-refractivity contribution < 1.29 is 9.53 Å². The Morgan fingerprint density at radius 1 is 1.25 bits per heavy atom. The van der Waals surface area contributed by atoms with E-state index in [2.05, 4.69) is 0 Å². The van der Waals surface area contributed by atoms with Crippen LogP contribution in [0.2, 0.25) is 0 Å². The summed E-state index contributed by atoms with van der Waals surface area (Å²) < 4.78 is 5.83. The van der Waals surface area contributed by atoms with Gasteiger partial charge < -0.3 is 4.74 Å². The lowest BCUT2D eigenvalue weighted by atomic mass is 9.98. The minimum atomic E-state index is -0.117. The van der Waals surface area contributed by atoms with Crippen LogP contribution in [0.1, 0.15) is 28.4 Å². The van der Waals surface area contributed by atoms with Crippen molar-refractivity contribution >= 4 is 17.1 Å². The molecular weight excluding hydrogens is 220 g/mol. The van der Waals surface area contributed by atoms with E-state index in [0.717, 1.165) is 5.56 Å². The molecule has 1 aromatic heterocycles. The van der Waals surface area contributed by atoms with Gasteiger partial charge in [-0.15, -0.1) is 0 Å². The summed E-state index contributed by atoms with van der Waals surface area (Å²) in [5.74, 6) is 0.869. The maximum Gasteiger partial charge on any atom is 0.170 e. The number of fused-ring (bicyclic) bond motifs is 1. The van der Waals surface area contributed by atoms with Gasteiger partial charge in [0.05, 0.1) is 12.0 Å². The Labute approximate surface area is 97.5 Å². The van der Waals surface area contributed by atoms with Crippen LogP contribution in [-0.4, -0.2) is 5.78 Å². The van der Waals surface area contributed by atoms with E-state index in [1.807, 2.05) is 41.1 Å². The molecule has 0 aliphatic carbocycles. The van der Waals surface area contributed by atoms with Crippen molar-refractivity contribution in [1.29, 1.82) is 0 Å². The maximum absolute atomic E-state index is 11.9. The molecule has 1 aliphatic heterocycles. The van der Waals surface area contributed by atoms with E-state index in [1.54, 1.807) is 11.3 Å². The second-order valence-electron chi connectivity index (χ2n) is 3.79. The van der Waals surface area contributed by atoms with Crippen LogP contribution < -0.4 is 4.74 Å². The molecule has 1 atom stereocenters. The number of benzene rings is 1.